The number of fused-ring (bicyclic) bond motifs is 1. The minimum Gasteiger partial charge on any atom is -0.373 e. The lowest BCUT2D eigenvalue weighted by Crippen LogP contribution is -2.45. The molecule has 3 atom stereocenters. The number of nitrogens with zero attached hydrogens (tertiary/aromatic N) is 5. The van der Waals surface area contributed by atoms with Crippen molar-refractivity contribution in [2.75, 3.05) is 36.8 Å². The zero-order valence-corrected chi connectivity index (χ0v) is 21.6. The molecule has 5 rings (SSSR count). The van der Waals surface area contributed by atoms with Gasteiger partial charge < -0.3 is 20.3 Å². The lowest BCUT2D eigenvalue weighted by atomic mass is 10.1. The number of nitrogens with one attached hydrogen (secondary N) is 2. The standard InChI is InChI=1S/C26H33N7O2S/c1-4-24(34)33-10-6-7-20(16-33)28-22-11-19(15-32-13-17(2)35-18(3)14-32)12-23(30-22)31-26-29-21-8-5-9-27-25(21)36-26/h4-5,8-9,11-12,17-18,20H,1,6-7,10,13-16H2,2-3H3,(H2,28,29,30,31)/t17-,18+,20?. The summed E-state index contributed by atoms with van der Waals surface area (Å²) in [7, 11) is 0. The maximum atomic E-state index is 12.2. The van der Waals surface area contributed by atoms with Crippen molar-refractivity contribution >= 4 is 44.4 Å². The van der Waals surface area contributed by atoms with Crippen LogP contribution < -0.4 is 10.6 Å². The van der Waals surface area contributed by atoms with Gasteiger partial charge in [-0.1, -0.05) is 17.9 Å². The largest absolute Gasteiger partial charge is 0.373 e. The zero-order chi connectivity index (χ0) is 25.1. The lowest BCUT2D eigenvalue weighted by molar-refractivity contribution is -0.127. The fourth-order valence-electron chi connectivity index (χ4n) is 5.05. The van der Waals surface area contributed by atoms with Crippen molar-refractivity contribution in [2.45, 2.75) is 51.5 Å². The monoisotopic (exact) mass is 507 g/mol. The topological polar surface area (TPSA) is 95.5 Å². The maximum Gasteiger partial charge on any atom is 0.246 e. The number of hydrogen-bond acceptors (Lipinski definition) is 9. The van der Waals surface area contributed by atoms with Gasteiger partial charge in [-0.2, -0.15) is 0 Å². The van der Waals surface area contributed by atoms with Gasteiger partial charge >= 0.3 is 0 Å². The molecule has 3 aromatic rings. The minimum absolute atomic E-state index is 0.0226. The first kappa shape index (κ1) is 24.6. The van der Waals surface area contributed by atoms with E-state index in [0.717, 1.165) is 71.7 Å². The molecule has 5 heterocycles. The molecule has 190 valence electrons. The highest BCUT2D eigenvalue weighted by Crippen LogP contribution is 2.28. The van der Waals surface area contributed by atoms with E-state index in [-0.39, 0.29) is 24.2 Å². The van der Waals surface area contributed by atoms with Crippen molar-refractivity contribution in [2.24, 2.45) is 0 Å². The summed E-state index contributed by atoms with van der Waals surface area (Å²) in [6.07, 6.45) is 5.51. The van der Waals surface area contributed by atoms with Crippen molar-refractivity contribution in [3.8, 4) is 0 Å². The molecule has 0 aliphatic carbocycles. The van der Waals surface area contributed by atoms with Gasteiger partial charge in [0, 0.05) is 45.0 Å². The SMILES string of the molecule is C=CC(=O)N1CCCC(Nc2cc(CN3C[C@@H](C)O[C@@H](C)C3)cc(Nc3nc4cccnc4s3)n2)C1. The van der Waals surface area contributed by atoms with E-state index in [1.807, 2.05) is 17.0 Å². The molecule has 1 unspecified atom stereocenters. The number of likely N-dealkylation sites (tertiary alicyclic amines) is 1. The predicted molar refractivity (Wildman–Crippen MR) is 144 cm³/mol. The first-order chi connectivity index (χ1) is 17.4. The molecule has 0 aromatic carbocycles. The maximum absolute atomic E-state index is 12.2. The number of thiazole rings is 1. The Morgan fingerprint density at radius 3 is 2.81 bits per heavy atom. The number of amides is 1. The van der Waals surface area contributed by atoms with E-state index in [4.69, 9.17) is 9.72 Å². The first-order valence-electron chi connectivity index (χ1n) is 12.5. The number of morpholine rings is 1. The molecular weight excluding hydrogens is 474 g/mol. The van der Waals surface area contributed by atoms with E-state index in [0.29, 0.717) is 6.54 Å². The quantitative estimate of drug-likeness (QED) is 0.463. The Morgan fingerprint density at radius 2 is 2.03 bits per heavy atom. The van der Waals surface area contributed by atoms with Gasteiger partial charge in [-0.25, -0.2) is 15.0 Å². The molecule has 0 radical (unpaired) electrons. The molecule has 2 aliphatic heterocycles. The van der Waals surface area contributed by atoms with E-state index in [9.17, 15) is 4.79 Å². The van der Waals surface area contributed by atoms with Crippen LogP contribution in [0.25, 0.3) is 10.3 Å². The molecule has 36 heavy (non-hydrogen) atoms. The number of piperidine rings is 1. The lowest BCUT2D eigenvalue weighted by Gasteiger charge is -2.35. The predicted octanol–water partition coefficient (Wildman–Crippen LogP) is 4.03. The number of ether oxygens (including phenoxy) is 1. The number of aromatic nitrogens is 3. The minimum atomic E-state index is -0.0226. The van der Waals surface area contributed by atoms with Gasteiger partial charge in [0.25, 0.3) is 0 Å². The third kappa shape index (κ3) is 6.00. The second kappa shape index (κ2) is 10.9. The Labute approximate surface area is 215 Å². The van der Waals surface area contributed by atoms with Crippen LogP contribution in [0.5, 0.6) is 0 Å². The van der Waals surface area contributed by atoms with Gasteiger partial charge in [0.2, 0.25) is 5.91 Å². The highest BCUT2D eigenvalue weighted by Gasteiger charge is 2.24. The molecule has 2 N–H and O–H groups in total. The highest BCUT2D eigenvalue weighted by atomic mass is 32.1. The van der Waals surface area contributed by atoms with Crippen LogP contribution in [0, 0.1) is 0 Å². The summed E-state index contributed by atoms with van der Waals surface area (Å²) in [6.45, 7) is 11.9. The Balaban J connectivity index is 1.38. The van der Waals surface area contributed by atoms with Gasteiger partial charge in [0.1, 0.15) is 22.0 Å². The average molecular weight is 508 g/mol. The fraction of sp³-hybridized carbons (Fsp3) is 0.462. The van der Waals surface area contributed by atoms with Crippen LogP contribution in [0.4, 0.5) is 16.8 Å². The molecular formula is C26H33N7O2S. The van der Waals surface area contributed by atoms with E-state index in [1.54, 1.807) is 6.20 Å². The number of carbonyl (C=O) groups excluding carboxylic acids is 1. The second-order valence-corrected chi connectivity index (χ2v) is 10.6. The average Bonchev–Trinajstić information content (AvgIpc) is 3.25. The second-order valence-electron chi connectivity index (χ2n) is 9.64. The van der Waals surface area contributed by atoms with Gasteiger partial charge in [-0.15, -0.1) is 0 Å². The van der Waals surface area contributed by atoms with Crippen molar-refractivity contribution < 1.29 is 9.53 Å². The normalized spacial score (nSPS) is 22.9. The van der Waals surface area contributed by atoms with Crippen molar-refractivity contribution in [3.05, 3.63) is 48.7 Å². The zero-order valence-electron chi connectivity index (χ0n) is 20.8. The summed E-state index contributed by atoms with van der Waals surface area (Å²) >= 11 is 1.51. The van der Waals surface area contributed by atoms with Crippen molar-refractivity contribution in [1.29, 1.82) is 0 Å². The molecule has 2 saturated heterocycles. The van der Waals surface area contributed by atoms with Gasteiger partial charge in [-0.3, -0.25) is 9.69 Å². The molecule has 10 heteroatoms. The third-order valence-corrected chi connectivity index (χ3v) is 7.34. The van der Waals surface area contributed by atoms with Gasteiger partial charge in [0.15, 0.2) is 5.13 Å². The number of anilines is 3. The first-order valence-corrected chi connectivity index (χ1v) is 13.3. The van der Waals surface area contributed by atoms with Crippen LogP contribution in [0.2, 0.25) is 0 Å². The van der Waals surface area contributed by atoms with Gasteiger partial charge in [0.05, 0.1) is 12.2 Å². The smallest absolute Gasteiger partial charge is 0.246 e. The summed E-state index contributed by atoms with van der Waals surface area (Å²) in [5.41, 5.74) is 2.02. The fourth-order valence-corrected chi connectivity index (χ4v) is 5.87. The third-order valence-electron chi connectivity index (χ3n) is 6.45. The van der Waals surface area contributed by atoms with Crippen LogP contribution in [0.15, 0.2) is 43.1 Å². The Hall–Kier alpha value is -3.08. The number of hydrogen-bond donors (Lipinski definition) is 2. The molecule has 0 spiro atoms. The van der Waals surface area contributed by atoms with Crippen LogP contribution in [0.3, 0.4) is 0 Å². The summed E-state index contributed by atoms with van der Waals surface area (Å²) in [5.74, 6) is 1.50. The number of pyridine rings is 2. The summed E-state index contributed by atoms with van der Waals surface area (Å²) in [4.78, 5) is 31.2. The molecule has 0 saturated carbocycles. The molecule has 2 aliphatic rings. The molecule has 1 amide bonds. The molecule has 9 nitrogen and oxygen atoms in total. The van der Waals surface area contributed by atoms with Crippen LogP contribution >= 0.6 is 11.3 Å². The Bertz CT molecular complexity index is 1190. The summed E-state index contributed by atoms with van der Waals surface area (Å²) in [6, 6.07) is 8.18. The number of carbonyl (C=O) groups is 1. The van der Waals surface area contributed by atoms with E-state index in [2.05, 4.69) is 58.1 Å². The number of rotatable bonds is 7. The van der Waals surface area contributed by atoms with Crippen LogP contribution in [-0.4, -0.2) is 75.1 Å². The summed E-state index contributed by atoms with van der Waals surface area (Å²) in [5, 5.41) is 7.74. The Morgan fingerprint density at radius 1 is 1.22 bits per heavy atom. The summed E-state index contributed by atoms with van der Waals surface area (Å²) < 4.78 is 5.92. The molecule has 3 aromatic heterocycles. The van der Waals surface area contributed by atoms with E-state index < -0.39 is 0 Å². The highest BCUT2D eigenvalue weighted by molar-refractivity contribution is 7.21. The Kier molecular flexibility index (Phi) is 7.45. The molecule has 2 fully saturated rings. The van der Waals surface area contributed by atoms with Crippen molar-refractivity contribution in [1.82, 2.24) is 24.8 Å². The van der Waals surface area contributed by atoms with Crippen LogP contribution in [-0.2, 0) is 16.1 Å². The molecule has 0 bridgehead atoms. The van der Waals surface area contributed by atoms with E-state index >= 15 is 0 Å². The van der Waals surface area contributed by atoms with Crippen LogP contribution in [0.1, 0.15) is 32.3 Å². The van der Waals surface area contributed by atoms with E-state index in [1.165, 1.54) is 17.4 Å². The van der Waals surface area contributed by atoms with Crippen molar-refractivity contribution in [3.63, 3.8) is 0 Å². The van der Waals surface area contributed by atoms with Gasteiger partial charge in [-0.05, 0) is 62.6 Å².